The number of aryl methyl sites for hydroxylation is 2. The molecule has 1 heterocycles. The third kappa shape index (κ3) is 1.76. The molecule has 0 amide bonds. The Morgan fingerprint density at radius 2 is 2.00 bits per heavy atom. The van der Waals surface area contributed by atoms with Gasteiger partial charge in [0, 0.05) is 19.5 Å². The van der Waals surface area contributed by atoms with Gasteiger partial charge in [-0.25, -0.2) is 0 Å². The molecular weight excluding hydrogens is 200 g/mol. The van der Waals surface area contributed by atoms with Crippen LogP contribution in [0.2, 0.25) is 0 Å². The summed E-state index contributed by atoms with van der Waals surface area (Å²) in [6.45, 7) is 3.58. The molecule has 2 rings (SSSR count). The largest absolute Gasteiger partial charge is 0.293 e. The number of rotatable bonds is 2. The molecule has 0 spiro atoms. The Balaban J connectivity index is 2.57. The number of hydrogen-bond donors (Lipinski definition) is 0. The summed E-state index contributed by atoms with van der Waals surface area (Å²) in [4.78, 5) is 11.3. The van der Waals surface area contributed by atoms with Crippen molar-refractivity contribution in [1.82, 2.24) is 9.78 Å². The highest BCUT2D eigenvalue weighted by Gasteiger charge is 2.11. The highest BCUT2D eigenvalue weighted by atomic mass is 16.1. The van der Waals surface area contributed by atoms with E-state index in [1.54, 1.807) is 4.68 Å². The number of nitrogens with zero attached hydrogens (tertiary/aromatic N) is 2. The van der Waals surface area contributed by atoms with Crippen molar-refractivity contribution in [2.45, 2.75) is 13.8 Å². The Morgan fingerprint density at radius 1 is 1.31 bits per heavy atom. The summed E-state index contributed by atoms with van der Waals surface area (Å²) in [5.41, 5.74) is 3.79. The zero-order chi connectivity index (χ0) is 11.7. The molecule has 0 aliphatic heterocycles. The smallest absolute Gasteiger partial charge is 0.180 e. The predicted octanol–water partition coefficient (Wildman–Crippen LogP) is 2.60. The van der Waals surface area contributed by atoms with Gasteiger partial charge in [0.05, 0.1) is 5.69 Å². The summed E-state index contributed by atoms with van der Waals surface area (Å²) in [7, 11) is 1.86. The maximum Gasteiger partial charge on any atom is 0.180 e. The third-order valence-electron chi connectivity index (χ3n) is 2.66. The topological polar surface area (TPSA) is 34.9 Å². The van der Waals surface area contributed by atoms with Crippen LogP contribution in [0.3, 0.4) is 0 Å². The van der Waals surface area contributed by atoms with Crippen LogP contribution >= 0.6 is 0 Å². The molecule has 3 heteroatoms. The van der Waals surface area contributed by atoms with Crippen LogP contribution in [0.5, 0.6) is 0 Å². The summed E-state index contributed by atoms with van der Waals surface area (Å²) in [6, 6.07) is 9.92. The fourth-order valence-electron chi connectivity index (χ4n) is 1.75. The standard InChI is InChI=1S/C13H14N2O/c1-9-6-4-5-7-11(9)13-8-12(10(2)16)14-15(13)3/h4-8H,1-3H3. The minimum absolute atomic E-state index is 0.00423. The van der Waals surface area contributed by atoms with Crippen LogP contribution in [0.15, 0.2) is 30.3 Å². The highest BCUT2D eigenvalue weighted by Crippen LogP contribution is 2.23. The van der Waals surface area contributed by atoms with E-state index in [9.17, 15) is 4.79 Å². The third-order valence-corrected chi connectivity index (χ3v) is 2.66. The zero-order valence-corrected chi connectivity index (χ0v) is 9.69. The SMILES string of the molecule is CC(=O)c1cc(-c2ccccc2C)n(C)n1. The van der Waals surface area contributed by atoms with Crippen LogP contribution in [-0.2, 0) is 7.05 Å². The quantitative estimate of drug-likeness (QED) is 0.720. The molecule has 0 fully saturated rings. The van der Waals surface area contributed by atoms with Crippen LogP contribution in [-0.4, -0.2) is 15.6 Å². The molecule has 0 radical (unpaired) electrons. The Kier molecular flexibility index (Phi) is 2.60. The molecule has 2 aromatic rings. The monoisotopic (exact) mass is 214 g/mol. The van der Waals surface area contributed by atoms with Crippen molar-refractivity contribution < 1.29 is 4.79 Å². The Hall–Kier alpha value is -1.90. The molecule has 0 saturated carbocycles. The molecule has 0 aliphatic carbocycles. The van der Waals surface area contributed by atoms with E-state index >= 15 is 0 Å². The normalized spacial score (nSPS) is 10.4. The second-order valence-corrected chi connectivity index (χ2v) is 3.91. The second kappa shape index (κ2) is 3.93. The minimum atomic E-state index is -0.00423. The average Bonchev–Trinajstić information content (AvgIpc) is 2.61. The van der Waals surface area contributed by atoms with E-state index in [0.29, 0.717) is 5.69 Å². The van der Waals surface area contributed by atoms with Gasteiger partial charge < -0.3 is 0 Å². The van der Waals surface area contributed by atoms with Crippen LogP contribution in [0.25, 0.3) is 11.3 Å². The van der Waals surface area contributed by atoms with Crippen LogP contribution in [0.1, 0.15) is 23.0 Å². The van der Waals surface area contributed by atoms with Crippen molar-refractivity contribution in [1.29, 1.82) is 0 Å². The van der Waals surface area contributed by atoms with Gasteiger partial charge in [-0.05, 0) is 18.6 Å². The van der Waals surface area contributed by atoms with E-state index < -0.39 is 0 Å². The van der Waals surface area contributed by atoms with Gasteiger partial charge in [-0.2, -0.15) is 5.10 Å². The molecule has 16 heavy (non-hydrogen) atoms. The first-order valence-electron chi connectivity index (χ1n) is 5.20. The summed E-state index contributed by atoms with van der Waals surface area (Å²) < 4.78 is 1.75. The lowest BCUT2D eigenvalue weighted by Crippen LogP contribution is -1.97. The van der Waals surface area contributed by atoms with Gasteiger partial charge in [0.15, 0.2) is 5.78 Å². The average molecular weight is 214 g/mol. The van der Waals surface area contributed by atoms with Crippen molar-refractivity contribution in [3.05, 3.63) is 41.6 Å². The number of carbonyl (C=O) groups is 1. The lowest BCUT2D eigenvalue weighted by Gasteiger charge is -2.04. The number of Topliss-reactive ketones (excluding diaryl/α,β-unsaturated/α-hetero) is 1. The molecule has 0 bridgehead atoms. The molecule has 0 aliphatic rings. The maximum absolute atomic E-state index is 11.3. The first kappa shape index (κ1) is 10.6. The number of ketones is 1. The summed E-state index contributed by atoms with van der Waals surface area (Å²) in [5.74, 6) is -0.00423. The highest BCUT2D eigenvalue weighted by molar-refractivity contribution is 5.93. The lowest BCUT2D eigenvalue weighted by atomic mass is 10.1. The predicted molar refractivity (Wildman–Crippen MR) is 63.4 cm³/mol. The molecule has 0 atom stereocenters. The van der Waals surface area contributed by atoms with E-state index in [-0.39, 0.29) is 5.78 Å². The zero-order valence-electron chi connectivity index (χ0n) is 9.69. The molecule has 0 N–H and O–H groups in total. The first-order chi connectivity index (χ1) is 7.59. The molecule has 3 nitrogen and oxygen atoms in total. The van der Waals surface area contributed by atoms with E-state index in [1.807, 2.05) is 31.3 Å². The van der Waals surface area contributed by atoms with Crippen LogP contribution in [0.4, 0.5) is 0 Å². The van der Waals surface area contributed by atoms with Gasteiger partial charge in [-0.3, -0.25) is 9.48 Å². The van der Waals surface area contributed by atoms with Crippen molar-refractivity contribution in [3.63, 3.8) is 0 Å². The minimum Gasteiger partial charge on any atom is -0.293 e. The van der Waals surface area contributed by atoms with E-state index in [4.69, 9.17) is 0 Å². The van der Waals surface area contributed by atoms with Gasteiger partial charge in [0.1, 0.15) is 5.69 Å². The summed E-state index contributed by atoms with van der Waals surface area (Å²) >= 11 is 0. The van der Waals surface area contributed by atoms with E-state index in [0.717, 1.165) is 11.3 Å². The number of carbonyl (C=O) groups excluding carboxylic acids is 1. The second-order valence-electron chi connectivity index (χ2n) is 3.91. The Morgan fingerprint density at radius 3 is 2.56 bits per heavy atom. The van der Waals surface area contributed by atoms with Crippen molar-refractivity contribution in [2.24, 2.45) is 7.05 Å². The molecule has 82 valence electrons. The fourth-order valence-corrected chi connectivity index (χ4v) is 1.75. The number of aromatic nitrogens is 2. The van der Waals surface area contributed by atoms with Crippen LogP contribution < -0.4 is 0 Å². The first-order valence-corrected chi connectivity index (χ1v) is 5.20. The van der Waals surface area contributed by atoms with Crippen molar-refractivity contribution in [3.8, 4) is 11.3 Å². The van der Waals surface area contributed by atoms with Crippen LogP contribution in [0, 0.1) is 6.92 Å². The van der Waals surface area contributed by atoms with Gasteiger partial charge >= 0.3 is 0 Å². The number of hydrogen-bond acceptors (Lipinski definition) is 2. The van der Waals surface area contributed by atoms with E-state index in [1.165, 1.54) is 12.5 Å². The fraction of sp³-hybridized carbons (Fsp3) is 0.231. The number of benzene rings is 1. The molecular formula is C13H14N2O. The van der Waals surface area contributed by atoms with Crippen molar-refractivity contribution in [2.75, 3.05) is 0 Å². The van der Waals surface area contributed by atoms with Crippen molar-refractivity contribution >= 4 is 5.78 Å². The summed E-state index contributed by atoms with van der Waals surface area (Å²) in [5, 5.41) is 4.19. The van der Waals surface area contributed by atoms with Gasteiger partial charge in [0.25, 0.3) is 0 Å². The maximum atomic E-state index is 11.3. The van der Waals surface area contributed by atoms with Gasteiger partial charge in [0.2, 0.25) is 0 Å². The lowest BCUT2D eigenvalue weighted by molar-refractivity contribution is 0.101. The molecule has 0 saturated heterocycles. The summed E-state index contributed by atoms with van der Waals surface area (Å²) in [6.07, 6.45) is 0. The Bertz CT molecular complexity index is 541. The van der Waals surface area contributed by atoms with Gasteiger partial charge in [-0.1, -0.05) is 24.3 Å². The molecule has 0 unspecified atom stereocenters. The van der Waals surface area contributed by atoms with Gasteiger partial charge in [-0.15, -0.1) is 0 Å². The van der Waals surface area contributed by atoms with E-state index in [2.05, 4.69) is 18.1 Å². The molecule has 1 aromatic heterocycles. The Labute approximate surface area is 94.7 Å². The molecule has 1 aromatic carbocycles.